The summed E-state index contributed by atoms with van der Waals surface area (Å²) in [5.74, 6) is -0.827. The molecule has 1 atom stereocenters. The zero-order valence-corrected chi connectivity index (χ0v) is 8.32. The summed E-state index contributed by atoms with van der Waals surface area (Å²) >= 11 is 0. The van der Waals surface area contributed by atoms with E-state index >= 15 is 0 Å². The average molecular weight is 202 g/mol. The van der Waals surface area contributed by atoms with Gasteiger partial charge in [-0.25, -0.2) is 4.79 Å². The van der Waals surface area contributed by atoms with E-state index in [0.29, 0.717) is 6.61 Å². The Morgan fingerprint density at radius 3 is 2.43 bits per heavy atom. The van der Waals surface area contributed by atoms with Crippen LogP contribution in [-0.2, 0) is 23.8 Å². The lowest BCUT2D eigenvalue weighted by atomic mass is 10.2. The van der Waals surface area contributed by atoms with Gasteiger partial charge in [0.1, 0.15) is 13.2 Å². The van der Waals surface area contributed by atoms with Crippen molar-refractivity contribution in [3.8, 4) is 0 Å². The molecular weight excluding hydrogens is 188 g/mol. The van der Waals surface area contributed by atoms with Crippen LogP contribution in [0.15, 0.2) is 0 Å². The summed E-state index contributed by atoms with van der Waals surface area (Å²) < 4.78 is 14.3. The first kappa shape index (κ1) is 11.0. The molecule has 1 saturated heterocycles. The Bertz CT molecular complexity index is 203. The molecule has 1 aliphatic heterocycles. The summed E-state index contributed by atoms with van der Waals surface area (Å²) in [7, 11) is 0. The van der Waals surface area contributed by atoms with Crippen LogP contribution >= 0.6 is 0 Å². The molecule has 0 aromatic carbocycles. The van der Waals surface area contributed by atoms with Gasteiger partial charge < -0.3 is 14.2 Å². The molecule has 14 heavy (non-hydrogen) atoms. The molecule has 5 heteroatoms. The standard InChI is InChI=1S/C9H14O5/c1-6(2)8(10)12-3-4-13-9(11)7-5-14-7/h6-7H,3-5H2,1-2H3. The van der Waals surface area contributed by atoms with Crippen LogP contribution in [0.4, 0.5) is 0 Å². The van der Waals surface area contributed by atoms with Gasteiger partial charge in [0.2, 0.25) is 0 Å². The smallest absolute Gasteiger partial charge is 0.337 e. The van der Waals surface area contributed by atoms with Crippen molar-refractivity contribution in [2.24, 2.45) is 5.92 Å². The van der Waals surface area contributed by atoms with E-state index < -0.39 is 6.10 Å². The molecule has 1 unspecified atom stereocenters. The molecule has 0 saturated carbocycles. The highest BCUT2D eigenvalue weighted by Gasteiger charge is 2.32. The number of hydrogen-bond acceptors (Lipinski definition) is 5. The zero-order valence-electron chi connectivity index (χ0n) is 8.32. The Hall–Kier alpha value is -1.10. The van der Waals surface area contributed by atoms with Crippen molar-refractivity contribution in [2.45, 2.75) is 20.0 Å². The first-order valence-corrected chi connectivity index (χ1v) is 4.56. The maximum atomic E-state index is 10.9. The lowest BCUT2D eigenvalue weighted by molar-refractivity contribution is -0.154. The van der Waals surface area contributed by atoms with Crippen molar-refractivity contribution >= 4 is 11.9 Å². The van der Waals surface area contributed by atoms with Crippen molar-refractivity contribution in [3.05, 3.63) is 0 Å². The highest BCUT2D eigenvalue weighted by atomic mass is 16.6. The van der Waals surface area contributed by atoms with E-state index in [2.05, 4.69) is 0 Å². The van der Waals surface area contributed by atoms with Crippen LogP contribution in [0.2, 0.25) is 0 Å². The topological polar surface area (TPSA) is 65.1 Å². The number of hydrogen-bond donors (Lipinski definition) is 0. The fraction of sp³-hybridized carbons (Fsp3) is 0.778. The predicted octanol–water partition coefficient (Wildman–Crippen LogP) is 0.128. The van der Waals surface area contributed by atoms with E-state index in [1.165, 1.54) is 0 Å². The molecule has 0 N–H and O–H groups in total. The van der Waals surface area contributed by atoms with Crippen LogP contribution in [0.25, 0.3) is 0 Å². The van der Waals surface area contributed by atoms with Crippen LogP contribution in [0.3, 0.4) is 0 Å². The number of esters is 2. The monoisotopic (exact) mass is 202 g/mol. The van der Waals surface area contributed by atoms with Gasteiger partial charge in [-0.15, -0.1) is 0 Å². The normalized spacial score (nSPS) is 19.2. The number of rotatable bonds is 5. The lowest BCUT2D eigenvalue weighted by Crippen LogP contribution is -2.19. The fourth-order valence-corrected chi connectivity index (χ4v) is 0.728. The molecular formula is C9H14O5. The Morgan fingerprint density at radius 1 is 1.36 bits per heavy atom. The van der Waals surface area contributed by atoms with E-state index in [9.17, 15) is 9.59 Å². The van der Waals surface area contributed by atoms with E-state index in [1.807, 2.05) is 0 Å². The molecule has 0 aromatic rings. The van der Waals surface area contributed by atoms with E-state index in [-0.39, 0.29) is 31.1 Å². The van der Waals surface area contributed by atoms with Crippen molar-refractivity contribution < 1.29 is 23.8 Å². The van der Waals surface area contributed by atoms with Crippen molar-refractivity contribution in [3.63, 3.8) is 0 Å². The second kappa shape index (κ2) is 4.95. The molecule has 0 spiro atoms. The molecule has 0 bridgehead atoms. The Kier molecular flexibility index (Phi) is 3.88. The van der Waals surface area contributed by atoms with E-state index in [0.717, 1.165) is 0 Å². The van der Waals surface area contributed by atoms with Gasteiger partial charge in [-0.1, -0.05) is 13.8 Å². The maximum Gasteiger partial charge on any atom is 0.337 e. The van der Waals surface area contributed by atoms with Gasteiger partial charge in [0, 0.05) is 0 Å². The summed E-state index contributed by atoms with van der Waals surface area (Å²) in [4.78, 5) is 21.8. The summed E-state index contributed by atoms with van der Waals surface area (Å²) in [5.41, 5.74) is 0. The molecule has 1 aliphatic rings. The molecule has 80 valence electrons. The van der Waals surface area contributed by atoms with Crippen molar-refractivity contribution in [2.75, 3.05) is 19.8 Å². The Morgan fingerprint density at radius 2 is 1.93 bits per heavy atom. The van der Waals surface area contributed by atoms with Crippen LogP contribution in [0.1, 0.15) is 13.8 Å². The second-order valence-electron chi connectivity index (χ2n) is 3.31. The predicted molar refractivity (Wildman–Crippen MR) is 46.5 cm³/mol. The minimum atomic E-state index is -0.393. The molecule has 0 amide bonds. The first-order valence-electron chi connectivity index (χ1n) is 4.56. The van der Waals surface area contributed by atoms with Crippen LogP contribution in [-0.4, -0.2) is 37.9 Å². The highest BCUT2D eigenvalue weighted by Crippen LogP contribution is 2.10. The van der Waals surface area contributed by atoms with Gasteiger partial charge >= 0.3 is 11.9 Å². The third-order valence-electron chi connectivity index (χ3n) is 1.64. The van der Waals surface area contributed by atoms with Crippen LogP contribution in [0, 0.1) is 5.92 Å². The maximum absolute atomic E-state index is 10.9. The summed E-state index contributed by atoms with van der Waals surface area (Å²) in [6.45, 7) is 4.12. The largest absolute Gasteiger partial charge is 0.462 e. The van der Waals surface area contributed by atoms with Gasteiger partial charge in [-0.2, -0.15) is 0 Å². The number of carbonyl (C=O) groups excluding carboxylic acids is 2. The second-order valence-corrected chi connectivity index (χ2v) is 3.31. The molecule has 0 radical (unpaired) electrons. The van der Waals surface area contributed by atoms with E-state index in [1.54, 1.807) is 13.8 Å². The Balaban J connectivity index is 1.98. The molecule has 1 rings (SSSR count). The summed E-state index contributed by atoms with van der Waals surface area (Å²) in [5, 5.41) is 0. The van der Waals surface area contributed by atoms with Crippen LogP contribution < -0.4 is 0 Å². The summed E-state index contributed by atoms with van der Waals surface area (Å²) in [6.07, 6.45) is -0.393. The minimum absolute atomic E-state index is 0.0944. The third-order valence-corrected chi connectivity index (χ3v) is 1.64. The fourth-order valence-electron chi connectivity index (χ4n) is 0.728. The van der Waals surface area contributed by atoms with Gasteiger partial charge in [-0.05, 0) is 0 Å². The highest BCUT2D eigenvalue weighted by molar-refractivity contribution is 5.77. The number of carbonyl (C=O) groups is 2. The van der Waals surface area contributed by atoms with E-state index in [4.69, 9.17) is 14.2 Å². The first-order chi connectivity index (χ1) is 6.61. The zero-order chi connectivity index (χ0) is 10.6. The Labute approximate surface area is 82.3 Å². The molecule has 0 aliphatic carbocycles. The lowest BCUT2D eigenvalue weighted by Gasteiger charge is -2.06. The molecule has 1 heterocycles. The molecule has 0 aromatic heterocycles. The third kappa shape index (κ3) is 3.74. The summed E-state index contributed by atoms with van der Waals surface area (Å²) in [6, 6.07) is 0. The SMILES string of the molecule is CC(C)C(=O)OCCOC(=O)C1CO1. The molecule has 5 nitrogen and oxygen atoms in total. The van der Waals surface area contributed by atoms with Gasteiger partial charge in [-0.3, -0.25) is 4.79 Å². The van der Waals surface area contributed by atoms with Crippen molar-refractivity contribution in [1.29, 1.82) is 0 Å². The molecule has 1 fully saturated rings. The quantitative estimate of drug-likeness (QED) is 0.360. The van der Waals surface area contributed by atoms with Gasteiger partial charge in [0.15, 0.2) is 6.10 Å². The number of epoxide rings is 1. The van der Waals surface area contributed by atoms with Crippen molar-refractivity contribution in [1.82, 2.24) is 0 Å². The minimum Gasteiger partial charge on any atom is -0.462 e. The van der Waals surface area contributed by atoms with Gasteiger partial charge in [0.25, 0.3) is 0 Å². The number of ether oxygens (including phenoxy) is 3. The average Bonchev–Trinajstić information content (AvgIpc) is 2.94. The van der Waals surface area contributed by atoms with Crippen LogP contribution in [0.5, 0.6) is 0 Å². The van der Waals surface area contributed by atoms with Gasteiger partial charge in [0.05, 0.1) is 12.5 Å².